The standard InChI is InChI=1S/C8H17N2O5P.C7H10N2O4/c11-8(12)7-6-10(4-2-9-7)3-1-5-16(13,14)15;1-3-4(6(10)9-13-3)2-5(8)7(11)12/h7,9H,1-6H2,(H,11,12)(H2,13,14,15);5H,2,8H2,1H3,(H,9,10)(H,11,12). The molecule has 14 heteroatoms. The zero-order valence-electron chi connectivity index (χ0n) is 15.9. The van der Waals surface area contributed by atoms with Crippen LogP contribution in [-0.4, -0.2) is 86.4 Å². The maximum Gasteiger partial charge on any atom is 0.325 e. The summed E-state index contributed by atoms with van der Waals surface area (Å²) in [6.07, 6.45) is 0.221. The van der Waals surface area contributed by atoms with Crippen molar-refractivity contribution in [3.8, 4) is 0 Å². The van der Waals surface area contributed by atoms with Crippen LogP contribution in [0.5, 0.6) is 0 Å². The predicted octanol–water partition coefficient (Wildman–Crippen LogP) is -1.86. The van der Waals surface area contributed by atoms with Crippen LogP contribution >= 0.6 is 7.60 Å². The van der Waals surface area contributed by atoms with Gasteiger partial charge in [-0.25, -0.2) is 0 Å². The minimum Gasteiger partial charge on any atom is -0.480 e. The fourth-order valence-corrected chi connectivity index (χ4v) is 3.18. The van der Waals surface area contributed by atoms with Crippen LogP contribution in [0.3, 0.4) is 0 Å². The Labute approximate surface area is 166 Å². The summed E-state index contributed by atoms with van der Waals surface area (Å²) in [5.41, 5.74) is 5.12. The third kappa shape index (κ3) is 9.35. The number of aromatic amines is 1. The third-order valence-electron chi connectivity index (χ3n) is 4.22. The molecular formula is C15H27N4O9P. The minimum atomic E-state index is -3.93. The number of aryl methyl sites for hydroxylation is 1. The van der Waals surface area contributed by atoms with Crippen LogP contribution in [0.25, 0.3) is 0 Å². The van der Waals surface area contributed by atoms with Crippen molar-refractivity contribution in [1.82, 2.24) is 15.4 Å². The molecule has 0 saturated carbocycles. The van der Waals surface area contributed by atoms with E-state index in [0.29, 0.717) is 38.4 Å². The van der Waals surface area contributed by atoms with Crippen molar-refractivity contribution in [2.75, 3.05) is 32.3 Å². The number of nitrogens with one attached hydrogen (secondary N) is 2. The topological polar surface area (TPSA) is 219 Å². The molecule has 2 rings (SSSR count). The molecule has 1 aromatic heterocycles. The molecule has 1 fully saturated rings. The molecule has 166 valence electrons. The third-order valence-corrected chi connectivity index (χ3v) is 5.12. The van der Waals surface area contributed by atoms with E-state index in [4.69, 9.17) is 25.7 Å². The van der Waals surface area contributed by atoms with E-state index < -0.39 is 37.2 Å². The number of H-pyrrole nitrogens is 1. The SMILES string of the molecule is Cc1o[nH]c(=O)c1CC(N)C(=O)O.O=C(O)C1CN(CCCP(=O)(O)O)CCN1. The molecule has 0 amide bonds. The Balaban J connectivity index is 0.000000296. The number of nitrogens with two attached hydrogens (primary N) is 1. The van der Waals surface area contributed by atoms with Gasteiger partial charge >= 0.3 is 19.5 Å². The Kier molecular flexibility index (Phi) is 9.70. The smallest absolute Gasteiger partial charge is 0.325 e. The Morgan fingerprint density at radius 3 is 2.52 bits per heavy atom. The zero-order valence-corrected chi connectivity index (χ0v) is 16.8. The van der Waals surface area contributed by atoms with Crippen LogP contribution in [0.1, 0.15) is 17.7 Å². The van der Waals surface area contributed by atoms with Crippen LogP contribution in [-0.2, 0) is 20.6 Å². The Morgan fingerprint density at radius 1 is 1.38 bits per heavy atom. The van der Waals surface area contributed by atoms with Crippen molar-refractivity contribution in [1.29, 1.82) is 0 Å². The van der Waals surface area contributed by atoms with E-state index in [2.05, 4.69) is 15.0 Å². The molecule has 1 aliphatic rings. The summed E-state index contributed by atoms with van der Waals surface area (Å²) < 4.78 is 15.3. The molecule has 0 radical (unpaired) electrons. The number of piperazine rings is 1. The van der Waals surface area contributed by atoms with Gasteiger partial charge < -0.3 is 35.6 Å². The fourth-order valence-electron chi connectivity index (χ4n) is 2.63. The number of rotatable bonds is 8. The van der Waals surface area contributed by atoms with Gasteiger partial charge in [0.15, 0.2) is 0 Å². The fraction of sp³-hybridized carbons (Fsp3) is 0.667. The van der Waals surface area contributed by atoms with Crippen molar-refractivity contribution in [2.24, 2.45) is 5.73 Å². The molecule has 2 atom stereocenters. The molecule has 2 unspecified atom stereocenters. The molecule has 0 spiro atoms. The highest BCUT2D eigenvalue weighted by atomic mass is 31.2. The van der Waals surface area contributed by atoms with E-state index in [1.165, 1.54) is 0 Å². The Morgan fingerprint density at radius 2 is 2.03 bits per heavy atom. The monoisotopic (exact) mass is 438 g/mol. The van der Waals surface area contributed by atoms with Gasteiger partial charge in [0.05, 0.1) is 11.7 Å². The first-order valence-corrected chi connectivity index (χ1v) is 10.6. The van der Waals surface area contributed by atoms with Gasteiger partial charge in [-0.1, -0.05) is 0 Å². The lowest BCUT2D eigenvalue weighted by Crippen LogP contribution is -2.54. The first-order valence-electron chi connectivity index (χ1n) is 8.79. The highest BCUT2D eigenvalue weighted by Gasteiger charge is 2.25. The average Bonchev–Trinajstić information content (AvgIpc) is 2.93. The second-order valence-electron chi connectivity index (χ2n) is 6.60. The maximum atomic E-state index is 11.0. The summed E-state index contributed by atoms with van der Waals surface area (Å²) in [7, 11) is -3.93. The number of aliphatic carboxylic acids is 2. The van der Waals surface area contributed by atoms with Gasteiger partial charge in [0.25, 0.3) is 5.56 Å². The number of hydrogen-bond donors (Lipinski definition) is 7. The van der Waals surface area contributed by atoms with E-state index in [1.807, 2.05) is 4.90 Å². The summed E-state index contributed by atoms with van der Waals surface area (Å²) >= 11 is 0. The largest absolute Gasteiger partial charge is 0.480 e. The highest BCUT2D eigenvalue weighted by molar-refractivity contribution is 7.51. The van der Waals surface area contributed by atoms with E-state index in [1.54, 1.807) is 6.92 Å². The summed E-state index contributed by atoms with van der Waals surface area (Å²) in [5.74, 6) is -1.65. The van der Waals surface area contributed by atoms with Crippen molar-refractivity contribution in [3.63, 3.8) is 0 Å². The van der Waals surface area contributed by atoms with Crippen LogP contribution < -0.4 is 16.6 Å². The molecule has 0 aliphatic carbocycles. The van der Waals surface area contributed by atoms with E-state index in [-0.39, 0.29) is 18.1 Å². The highest BCUT2D eigenvalue weighted by Crippen LogP contribution is 2.34. The normalized spacial score (nSPS) is 18.6. The molecule has 2 heterocycles. The molecule has 13 nitrogen and oxygen atoms in total. The van der Waals surface area contributed by atoms with Crippen molar-refractivity contribution in [3.05, 3.63) is 21.7 Å². The minimum absolute atomic E-state index is 0.0208. The van der Waals surface area contributed by atoms with Gasteiger partial charge in [0.1, 0.15) is 17.8 Å². The molecule has 1 saturated heterocycles. The van der Waals surface area contributed by atoms with Crippen molar-refractivity contribution in [2.45, 2.75) is 31.8 Å². The van der Waals surface area contributed by atoms with Crippen molar-refractivity contribution < 1.29 is 38.7 Å². The van der Waals surface area contributed by atoms with E-state index in [9.17, 15) is 18.9 Å². The molecule has 8 N–H and O–H groups in total. The van der Waals surface area contributed by atoms with Crippen LogP contribution in [0.2, 0.25) is 0 Å². The maximum absolute atomic E-state index is 11.0. The molecule has 1 aromatic rings. The quantitative estimate of drug-likeness (QED) is 0.222. The van der Waals surface area contributed by atoms with Crippen LogP contribution in [0.4, 0.5) is 0 Å². The van der Waals surface area contributed by atoms with Crippen LogP contribution in [0, 0.1) is 6.92 Å². The lowest BCUT2D eigenvalue weighted by atomic mass is 10.1. The van der Waals surface area contributed by atoms with E-state index in [0.717, 1.165) is 0 Å². The van der Waals surface area contributed by atoms with Gasteiger partial charge in [-0.2, -0.15) is 5.16 Å². The summed E-state index contributed by atoms with van der Waals surface area (Å²) in [4.78, 5) is 51.4. The number of nitrogens with zero attached hydrogens (tertiary/aromatic N) is 1. The second kappa shape index (κ2) is 11.2. The molecule has 0 aromatic carbocycles. The predicted molar refractivity (Wildman–Crippen MR) is 101 cm³/mol. The molecule has 1 aliphatic heterocycles. The van der Waals surface area contributed by atoms with Crippen molar-refractivity contribution >= 4 is 19.5 Å². The first-order chi connectivity index (χ1) is 13.4. The van der Waals surface area contributed by atoms with Gasteiger partial charge in [0, 0.05) is 26.1 Å². The summed E-state index contributed by atoms with van der Waals surface area (Å²) in [6.45, 7) is 3.78. The lowest BCUT2D eigenvalue weighted by Gasteiger charge is -2.31. The average molecular weight is 438 g/mol. The number of carbonyl (C=O) groups is 2. The number of carboxylic acids is 2. The molecular weight excluding hydrogens is 411 g/mol. The van der Waals surface area contributed by atoms with Gasteiger partial charge in [-0.3, -0.25) is 23.8 Å². The Hall–Kier alpha value is -2.02. The zero-order chi connectivity index (χ0) is 22.2. The van der Waals surface area contributed by atoms with Crippen LogP contribution in [0.15, 0.2) is 9.32 Å². The number of hydrogen-bond acceptors (Lipinski definition) is 8. The molecule has 0 bridgehead atoms. The number of carboxylic acid groups (broad SMARTS) is 2. The molecule has 29 heavy (non-hydrogen) atoms. The second-order valence-corrected chi connectivity index (χ2v) is 8.38. The Bertz CT molecular complexity index is 787. The summed E-state index contributed by atoms with van der Waals surface area (Å²) in [5, 5.41) is 22.3. The lowest BCUT2D eigenvalue weighted by molar-refractivity contribution is -0.141. The summed E-state index contributed by atoms with van der Waals surface area (Å²) in [6, 6.07) is -1.65. The number of aromatic nitrogens is 1. The van der Waals surface area contributed by atoms with Gasteiger partial charge in [0.2, 0.25) is 0 Å². The van der Waals surface area contributed by atoms with Gasteiger partial charge in [-0.05, 0) is 19.9 Å². The van der Waals surface area contributed by atoms with E-state index >= 15 is 0 Å². The first kappa shape index (κ1) is 25.0. The van der Waals surface area contributed by atoms with Gasteiger partial charge in [-0.15, -0.1) is 0 Å².